The number of terminal acetylenes is 1. The molecule has 0 amide bonds. The highest BCUT2D eigenvalue weighted by Crippen LogP contribution is 2.17. The molecule has 0 unspecified atom stereocenters. The van der Waals surface area contributed by atoms with Crippen molar-refractivity contribution in [3.8, 4) is 12.3 Å². The predicted octanol–water partition coefficient (Wildman–Crippen LogP) is 3.03. The van der Waals surface area contributed by atoms with Gasteiger partial charge in [-0.3, -0.25) is 0 Å². The van der Waals surface area contributed by atoms with Crippen molar-refractivity contribution in [2.75, 3.05) is 0 Å². The van der Waals surface area contributed by atoms with Crippen LogP contribution in [-0.4, -0.2) is 0 Å². The fraction of sp³-hybridized carbons (Fsp3) is 0.111. The van der Waals surface area contributed by atoms with Crippen molar-refractivity contribution in [1.82, 2.24) is 0 Å². The van der Waals surface area contributed by atoms with Crippen LogP contribution in [0.25, 0.3) is 0 Å². The Bertz CT molecular complexity index is 226. The maximum atomic E-state index is 5.13. The molecule has 0 atom stereocenters. The summed E-state index contributed by atoms with van der Waals surface area (Å²) in [5.41, 5.74) is 1.64. The Morgan fingerprint density at radius 1 is 1.70 bits per heavy atom. The Labute approximate surface area is 70.5 Å². The lowest BCUT2D eigenvalue weighted by atomic mass is 10.1. The van der Waals surface area contributed by atoms with Gasteiger partial charge in [-0.1, -0.05) is 41.1 Å². The molecule has 0 spiro atoms. The van der Waals surface area contributed by atoms with E-state index in [0.717, 1.165) is 10.1 Å². The van der Waals surface area contributed by atoms with Gasteiger partial charge in [0, 0.05) is 10.1 Å². The molecule has 0 aliphatic rings. The summed E-state index contributed by atoms with van der Waals surface area (Å²) in [5.74, 6) is 2.45. The molecule has 10 heavy (non-hydrogen) atoms. The molecule has 0 aliphatic heterocycles. The molecule has 0 rings (SSSR count). The molecule has 0 aliphatic carbocycles. The van der Waals surface area contributed by atoms with Gasteiger partial charge in [-0.2, -0.15) is 0 Å². The van der Waals surface area contributed by atoms with E-state index < -0.39 is 0 Å². The van der Waals surface area contributed by atoms with Crippen LogP contribution in [0.3, 0.4) is 0 Å². The smallest absolute Gasteiger partial charge is 0.0211 e. The molecular formula is C9H9Br. The van der Waals surface area contributed by atoms with Crippen molar-refractivity contribution >= 4 is 15.9 Å². The zero-order chi connectivity index (χ0) is 8.15. The maximum Gasteiger partial charge on any atom is 0.0211 e. The van der Waals surface area contributed by atoms with E-state index >= 15 is 0 Å². The van der Waals surface area contributed by atoms with Crippen LogP contribution >= 0.6 is 15.9 Å². The van der Waals surface area contributed by atoms with Crippen LogP contribution in [0.4, 0.5) is 0 Å². The summed E-state index contributed by atoms with van der Waals surface area (Å²) in [7, 11) is 0. The minimum atomic E-state index is 0.687. The van der Waals surface area contributed by atoms with Gasteiger partial charge in [-0.15, -0.1) is 6.42 Å². The van der Waals surface area contributed by atoms with Crippen molar-refractivity contribution < 1.29 is 0 Å². The summed E-state index contributed by atoms with van der Waals surface area (Å²) in [6.45, 7) is 9.15. The summed E-state index contributed by atoms with van der Waals surface area (Å²) in [5, 5.41) is 0. The fourth-order valence-electron chi connectivity index (χ4n) is 0.405. The van der Waals surface area contributed by atoms with Gasteiger partial charge >= 0.3 is 0 Å². The van der Waals surface area contributed by atoms with E-state index in [9.17, 15) is 0 Å². The molecule has 0 N–H and O–H groups in total. The first kappa shape index (κ1) is 9.26. The molecule has 0 heterocycles. The average Bonchev–Trinajstić information content (AvgIpc) is 2.00. The zero-order valence-electron chi connectivity index (χ0n) is 5.95. The van der Waals surface area contributed by atoms with Gasteiger partial charge < -0.3 is 0 Å². The van der Waals surface area contributed by atoms with E-state index in [1.807, 2.05) is 6.92 Å². The van der Waals surface area contributed by atoms with Gasteiger partial charge in [0.05, 0.1) is 0 Å². The van der Waals surface area contributed by atoms with Crippen LogP contribution in [0.2, 0.25) is 0 Å². The average molecular weight is 197 g/mol. The topological polar surface area (TPSA) is 0 Å². The molecule has 0 saturated heterocycles. The van der Waals surface area contributed by atoms with Crippen molar-refractivity contribution in [1.29, 1.82) is 0 Å². The first-order valence-corrected chi connectivity index (χ1v) is 3.57. The molecule has 0 saturated carbocycles. The summed E-state index contributed by atoms with van der Waals surface area (Å²) < 4.78 is 0.899. The molecule has 0 radical (unpaired) electrons. The van der Waals surface area contributed by atoms with Crippen LogP contribution in [0.15, 0.2) is 34.9 Å². The molecule has 0 fully saturated rings. The Morgan fingerprint density at radius 3 is 2.50 bits per heavy atom. The normalized spacial score (nSPS) is 11.3. The second-order valence-electron chi connectivity index (χ2n) is 1.80. The lowest BCUT2D eigenvalue weighted by Gasteiger charge is -1.98. The molecular weight excluding hydrogens is 188 g/mol. The minimum absolute atomic E-state index is 0.687. The van der Waals surface area contributed by atoms with E-state index in [1.54, 1.807) is 6.08 Å². The summed E-state index contributed by atoms with van der Waals surface area (Å²) in [6.07, 6.45) is 6.82. The highest BCUT2D eigenvalue weighted by molar-refractivity contribution is 9.11. The van der Waals surface area contributed by atoms with Crippen molar-refractivity contribution in [2.24, 2.45) is 0 Å². The molecule has 0 nitrogen and oxygen atoms in total. The number of hydrogen-bond donors (Lipinski definition) is 0. The number of allylic oxidation sites excluding steroid dienone is 4. The largest absolute Gasteiger partial charge is 0.115 e. The second kappa shape index (κ2) is 4.14. The van der Waals surface area contributed by atoms with Gasteiger partial charge in [0.25, 0.3) is 0 Å². The molecule has 0 bridgehead atoms. The zero-order valence-corrected chi connectivity index (χ0v) is 7.53. The highest BCUT2D eigenvalue weighted by atomic mass is 79.9. The summed E-state index contributed by atoms with van der Waals surface area (Å²) >= 11 is 3.29. The first-order valence-electron chi connectivity index (χ1n) is 2.78. The van der Waals surface area contributed by atoms with Crippen molar-refractivity contribution in [3.63, 3.8) is 0 Å². The highest BCUT2D eigenvalue weighted by Gasteiger charge is 1.95. The van der Waals surface area contributed by atoms with E-state index in [0.29, 0.717) is 5.57 Å². The van der Waals surface area contributed by atoms with E-state index in [-0.39, 0.29) is 0 Å². The third-order valence-electron chi connectivity index (χ3n) is 1.16. The third kappa shape index (κ3) is 2.24. The summed E-state index contributed by atoms with van der Waals surface area (Å²) in [4.78, 5) is 0. The Hall–Kier alpha value is -0.740. The lowest BCUT2D eigenvalue weighted by Crippen LogP contribution is -1.80. The predicted molar refractivity (Wildman–Crippen MR) is 49.8 cm³/mol. The second-order valence-corrected chi connectivity index (χ2v) is 2.65. The van der Waals surface area contributed by atoms with Crippen LogP contribution in [0, 0.1) is 12.3 Å². The monoisotopic (exact) mass is 196 g/mol. The van der Waals surface area contributed by atoms with Gasteiger partial charge in [-0.05, 0) is 12.5 Å². The van der Waals surface area contributed by atoms with Gasteiger partial charge in [0.15, 0.2) is 0 Å². The minimum Gasteiger partial charge on any atom is -0.115 e. The van der Waals surface area contributed by atoms with Crippen molar-refractivity contribution in [3.05, 3.63) is 34.9 Å². The first-order chi connectivity index (χ1) is 4.63. The SMILES string of the molecule is C#CC(=C)/C(C)=C(/Br)C=C. The molecule has 0 aromatic carbocycles. The van der Waals surface area contributed by atoms with E-state index in [4.69, 9.17) is 6.42 Å². The van der Waals surface area contributed by atoms with Crippen LogP contribution in [0.1, 0.15) is 6.92 Å². The quantitative estimate of drug-likeness (QED) is 0.471. The molecule has 1 heteroatoms. The Balaban J connectivity index is 4.67. The van der Waals surface area contributed by atoms with Crippen LogP contribution in [0.5, 0.6) is 0 Å². The standard InChI is InChI=1S/C9H9Br/c1-5-7(3)8(4)9(10)6-2/h1,6H,2-3H2,4H3/b9-8+. The summed E-state index contributed by atoms with van der Waals surface area (Å²) in [6, 6.07) is 0. The maximum absolute atomic E-state index is 5.13. The third-order valence-corrected chi connectivity index (χ3v) is 2.08. The van der Waals surface area contributed by atoms with E-state index in [1.165, 1.54) is 0 Å². The Morgan fingerprint density at radius 2 is 2.20 bits per heavy atom. The molecule has 0 aromatic heterocycles. The molecule has 52 valence electrons. The fourth-order valence-corrected chi connectivity index (χ4v) is 0.645. The number of rotatable bonds is 2. The van der Waals surface area contributed by atoms with Gasteiger partial charge in [0.2, 0.25) is 0 Å². The van der Waals surface area contributed by atoms with Gasteiger partial charge in [0.1, 0.15) is 0 Å². The Kier molecular flexibility index (Phi) is 3.83. The van der Waals surface area contributed by atoms with E-state index in [2.05, 4.69) is 35.0 Å². The van der Waals surface area contributed by atoms with Gasteiger partial charge in [-0.25, -0.2) is 0 Å². The van der Waals surface area contributed by atoms with Crippen molar-refractivity contribution in [2.45, 2.75) is 6.92 Å². The van der Waals surface area contributed by atoms with Crippen LogP contribution in [-0.2, 0) is 0 Å². The number of hydrogen-bond acceptors (Lipinski definition) is 0. The molecule has 0 aromatic rings. The number of halogens is 1. The lowest BCUT2D eigenvalue weighted by molar-refractivity contribution is 1.46. The van der Waals surface area contributed by atoms with Crippen LogP contribution < -0.4 is 0 Å².